The van der Waals surface area contributed by atoms with E-state index in [1.165, 1.54) is 0 Å². The fourth-order valence-electron chi connectivity index (χ4n) is 3.16. The van der Waals surface area contributed by atoms with Crippen molar-refractivity contribution >= 4 is 28.2 Å². The summed E-state index contributed by atoms with van der Waals surface area (Å²) in [5.74, 6) is -0.359. The molecular weight excluding hydrogens is 324 g/mol. The molecule has 0 fully saturated rings. The molecule has 0 atom stereocenters. The van der Waals surface area contributed by atoms with E-state index in [1.807, 2.05) is 42.5 Å². The molecule has 0 radical (unpaired) electrons. The lowest BCUT2D eigenvalue weighted by molar-refractivity contribution is 0.0999. The molecule has 1 heterocycles. The molecule has 0 bridgehead atoms. The van der Waals surface area contributed by atoms with E-state index in [0.29, 0.717) is 11.3 Å². The Kier molecular flexibility index (Phi) is 5.69. The van der Waals surface area contributed by atoms with Crippen LogP contribution in [0.2, 0.25) is 0 Å². The van der Waals surface area contributed by atoms with Gasteiger partial charge in [0.25, 0.3) is 0 Å². The number of para-hydroxylation sites is 1. The summed E-state index contributed by atoms with van der Waals surface area (Å²) in [5, 5.41) is 4.49. The van der Waals surface area contributed by atoms with Gasteiger partial charge >= 0.3 is 0 Å². The number of anilines is 2. The molecule has 0 aliphatic heterocycles. The Bertz CT molecular complexity index is 907. The number of aromatic nitrogens is 1. The van der Waals surface area contributed by atoms with Crippen LogP contribution < -0.4 is 16.8 Å². The number of carbonyl (C=O) groups is 1. The van der Waals surface area contributed by atoms with Crippen LogP contribution in [-0.2, 0) is 6.42 Å². The number of benzene rings is 2. The second kappa shape index (κ2) is 8.34. The minimum absolute atomic E-state index is 0.359. The van der Waals surface area contributed by atoms with Crippen LogP contribution in [0.1, 0.15) is 35.2 Å². The van der Waals surface area contributed by atoms with Crippen LogP contribution in [0.25, 0.3) is 10.9 Å². The van der Waals surface area contributed by atoms with Gasteiger partial charge in [0.2, 0.25) is 5.91 Å². The Morgan fingerprint density at radius 2 is 1.77 bits per heavy atom. The van der Waals surface area contributed by atoms with Crippen molar-refractivity contribution in [1.82, 2.24) is 4.98 Å². The Balaban J connectivity index is 1.50. The van der Waals surface area contributed by atoms with Crippen molar-refractivity contribution in [1.29, 1.82) is 0 Å². The second-order valence-corrected chi connectivity index (χ2v) is 6.36. The topological polar surface area (TPSA) is 94.0 Å². The van der Waals surface area contributed by atoms with Crippen molar-refractivity contribution in [2.75, 3.05) is 17.6 Å². The molecule has 2 aromatic carbocycles. The van der Waals surface area contributed by atoms with E-state index in [-0.39, 0.29) is 5.91 Å². The summed E-state index contributed by atoms with van der Waals surface area (Å²) >= 11 is 0. The zero-order chi connectivity index (χ0) is 18.4. The Labute approximate surface area is 153 Å². The first-order valence-corrected chi connectivity index (χ1v) is 8.91. The average molecular weight is 348 g/mol. The monoisotopic (exact) mass is 348 g/mol. The highest BCUT2D eigenvalue weighted by molar-refractivity contribution is 5.96. The molecule has 0 saturated carbocycles. The number of aryl methyl sites for hydroxylation is 1. The summed E-state index contributed by atoms with van der Waals surface area (Å²) in [4.78, 5) is 15.8. The Morgan fingerprint density at radius 1 is 1.00 bits per heavy atom. The maximum Gasteiger partial charge on any atom is 0.248 e. The fourth-order valence-corrected chi connectivity index (χ4v) is 3.16. The minimum atomic E-state index is -0.359. The highest BCUT2D eigenvalue weighted by Crippen LogP contribution is 2.27. The average Bonchev–Trinajstić information content (AvgIpc) is 2.66. The number of carbonyl (C=O) groups excluding carboxylic acids is 1. The minimum Gasteiger partial charge on any atom is -0.396 e. The molecule has 0 saturated heterocycles. The number of pyridine rings is 1. The third-order valence-corrected chi connectivity index (χ3v) is 4.51. The standard InChI is InChI=1S/C21H24N4O/c22-18-14-25-19-12-6-5-11-17(19)20(18)24-13-7-1-2-8-15-9-3-4-10-16(15)21(23)26/h3-6,9-12,14H,1-2,7-8,13,22H2,(H2,23,26)(H,24,25). The third kappa shape index (κ3) is 4.11. The van der Waals surface area contributed by atoms with Gasteiger partial charge in [-0.05, 0) is 37.0 Å². The summed E-state index contributed by atoms with van der Waals surface area (Å²) in [6.07, 6.45) is 5.65. The third-order valence-electron chi connectivity index (χ3n) is 4.51. The van der Waals surface area contributed by atoms with E-state index in [0.717, 1.165) is 54.4 Å². The molecule has 0 aliphatic rings. The van der Waals surface area contributed by atoms with Gasteiger partial charge in [-0.25, -0.2) is 0 Å². The molecule has 0 spiro atoms. The highest BCUT2D eigenvalue weighted by atomic mass is 16.1. The zero-order valence-corrected chi connectivity index (χ0v) is 14.7. The molecule has 5 heteroatoms. The molecule has 1 amide bonds. The molecule has 3 aromatic rings. The van der Waals surface area contributed by atoms with Crippen LogP contribution in [0, 0.1) is 0 Å². The summed E-state index contributed by atoms with van der Waals surface area (Å²) in [6.45, 7) is 0.843. The second-order valence-electron chi connectivity index (χ2n) is 6.36. The number of nitrogens with zero attached hydrogens (tertiary/aromatic N) is 1. The molecule has 134 valence electrons. The van der Waals surface area contributed by atoms with Crippen LogP contribution in [0.5, 0.6) is 0 Å². The van der Waals surface area contributed by atoms with Gasteiger partial charge in [-0.1, -0.05) is 42.8 Å². The van der Waals surface area contributed by atoms with Gasteiger partial charge in [-0.2, -0.15) is 0 Å². The number of hydrogen-bond donors (Lipinski definition) is 3. The molecule has 5 N–H and O–H groups in total. The van der Waals surface area contributed by atoms with Crippen molar-refractivity contribution in [2.45, 2.75) is 25.7 Å². The van der Waals surface area contributed by atoms with E-state index >= 15 is 0 Å². The van der Waals surface area contributed by atoms with E-state index in [2.05, 4.69) is 10.3 Å². The van der Waals surface area contributed by atoms with Gasteiger partial charge in [0.1, 0.15) is 0 Å². The van der Waals surface area contributed by atoms with Gasteiger partial charge in [0.05, 0.1) is 23.1 Å². The largest absolute Gasteiger partial charge is 0.396 e. The molecule has 0 unspecified atom stereocenters. The number of primary amides is 1. The van der Waals surface area contributed by atoms with E-state index < -0.39 is 0 Å². The Hall–Kier alpha value is -3.08. The van der Waals surface area contributed by atoms with Crippen LogP contribution >= 0.6 is 0 Å². The SMILES string of the molecule is NC(=O)c1ccccc1CCCCCNc1c(N)cnc2ccccc12. The van der Waals surface area contributed by atoms with Gasteiger partial charge < -0.3 is 16.8 Å². The lowest BCUT2D eigenvalue weighted by atomic mass is 10.0. The van der Waals surface area contributed by atoms with Gasteiger partial charge in [0.15, 0.2) is 0 Å². The highest BCUT2D eigenvalue weighted by Gasteiger charge is 2.07. The van der Waals surface area contributed by atoms with Crippen LogP contribution in [0.3, 0.4) is 0 Å². The van der Waals surface area contributed by atoms with E-state index in [9.17, 15) is 4.79 Å². The first kappa shape index (κ1) is 17.7. The predicted molar refractivity (Wildman–Crippen MR) is 107 cm³/mol. The van der Waals surface area contributed by atoms with Gasteiger partial charge in [-0.15, -0.1) is 0 Å². The van der Waals surface area contributed by atoms with Crippen LogP contribution in [0.15, 0.2) is 54.7 Å². The van der Waals surface area contributed by atoms with E-state index in [4.69, 9.17) is 11.5 Å². The number of nitrogen functional groups attached to an aromatic ring is 1. The molecule has 5 nitrogen and oxygen atoms in total. The molecule has 3 rings (SSSR count). The number of hydrogen-bond acceptors (Lipinski definition) is 4. The summed E-state index contributed by atoms with van der Waals surface area (Å²) < 4.78 is 0. The normalized spacial score (nSPS) is 10.8. The zero-order valence-electron chi connectivity index (χ0n) is 14.7. The Morgan fingerprint density at radius 3 is 2.62 bits per heavy atom. The summed E-state index contributed by atoms with van der Waals surface area (Å²) in [5.41, 5.74) is 15.7. The number of rotatable bonds is 8. The van der Waals surface area contributed by atoms with Crippen molar-refractivity contribution < 1.29 is 4.79 Å². The molecular formula is C21H24N4O. The van der Waals surface area contributed by atoms with Crippen molar-refractivity contribution in [3.63, 3.8) is 0 Å². The van der Waals surface area contributed by atoms with Crippen molar-refractivity contribution in [3.05, 3.63) is 65.9 Å². The number of unbranched alkanes of at least 4 members (excludes halogenated alkanes) is 2. The van der Waals surface area contributed by atoms with Gasteiger partial charge in [-0.3, -0.25) is 9.78 Å². The lowest BCUT2D eigenvalue weighted by Crippen LogP contribution is -2.13. The molecule has 0 aliphatic carbocycles. The number of fused-ring (bicyclic) bond motifs is 1. The lowest BCUT2D eigenvalue weighted by Gasteiger charge is -2.12. The first-order valence-electron chi connectivity index (χ1n) is 8.91. The fraction of sp³-hybridized carbons (Fsp3) is 0.238. The predicted octanol–water partition coefficient (Wildman–Crippen LogP) is 3.74. The van der Waals surface area contributed by atoms with Crippen molar-refractivity contribution in [2.24, 2.45) is 5.73 Å². The quantitative estimate of drug-likeness (QED) is 0.541. The maximum atomic E-state index is 11.4. The number of nitrogens with two attached hydrogens (primary N) is 2. The maximum absolute atomic E-state index is 11.4. The molecule has 26 heavy (non-hydrogen) atoms. The first-order chi connectivity index (χ1) is 12.7. The van der Waals surface area contributed by atoms with Crippen molar-refractivity contribution in [3.8, 4) is 0 Å². The van der Waals surface area contributed by atoms with Crippen LogP contribution in [-0.4, -0.2) is 17.4 Å². The summed E-state index contributed by atoms with van der Waals surface area (Å²) in [7, 11) is 0. The number of nitrogens with one attached hydrogen (secondary N) is 1. The molecule has 1 aromatic heterocycles. The van der Waals surface area contributed by atoms with E-state index in [1.54, 1.807) is 12.3 Å². The number of amides is 1. The summed E-state index contributed by atoms with van der Waals surface area (Å²) in [6, 6.07) is 15.5. The smallest absolute Gasteiger partial charge is 0.248 e. The van der Waals surface area contributed by atoms with Gasteiger partial charge in [0, 0.05) is 17.5 Å². The van der Waals surface area contributed by atoms with Crippen LogP contribution in [0.4, 0.5) is 11.4 Å².